The third kappa shape index (κ3) is 3.92. The molecule has 1 heterocycles. The maximum absolute atomic E-state index is 9.67. The summed E-state index contributed by atoms with van der Waals surface area (Å²) in [5, 5.41) is 13.0. The molecule has 3 rings (SSSR count). The summed E-state index contributed by atoms with van der Waals surface area (Å²) in [7, 11) is 0. The monoisotopic (exact) mass is 341 g/mol. The molecule has 0 aliphatic carbocycles. The minimum absolute atomic E-state index is 0.558. The molecule has 0 aliphatic heterocycles. The van der Waals surface area contributed by atoms with Gasteiger partial charge in [-0.15, -0.1) is 0 Å². The number of hydrogen-bond donors (Lipinski definition) is 1. The average Bonchev–Trinajstić information content (AvgIpc) is 2.62. The van der Waals surface area contributed by atoms with E-state index in [1.54, 1.807) is 0 Å². The van der Waals surface area contributed by atoms with Crippen molar-refractivity contribution >= 4 is 11.5 Å². The lowest BCUT2D eigenvalue weighted by molar-refractivity contribution is 0.886. The molecule has 130 valence electrons. The summed E-state index contributed by atoms with van der Waals surface area (Å²) in [4.78, 5) is 4.83. The van der Waals surface area contributed by atoms with E-state index in [1.165, 1.54) is 11.1 Å². The highest BCUT2D eigenvalue weighted by atomic mass is 15.0. The average molecular weight is 341 g/mol. The number of nitriles is 1. The lowest BCUT2D eigenvalue weighted by Gasteiger charge is -2.14. The van der Waals surface area contributed by atoms with Gasteiger partial charge in [0, 0.05) is 11.3 Å². The molecule has 3 heteroatoms. The number of rotatable bonds is 5. The summed E-state index contributed by atoms with van der Waals surface area (Å²) < 4.78 is 0. The third-order valence-electron chi connectivity index (χ3n) is 4.28. The number of nitrogens with zero attached hydrogens (tertiary/aromatic N) is 2. The van der Waals surface area contributed by atoms with Gasteiger partial charge in [-0.25, -0.2) is 4.98 Å². The Hall–Kier alpha value is -3.12. The van der Waals surface area contributed by atoms with Crippen molar-refractivity contribution in [1.82, 2.24) is 4.98 Å². The molecule has 0 fully saturated rings. The number of aryl methyl sites for hydroxylation is 3. The fourth-order valence-corrected chi connectivity index (χ4v) is 3.21. The molecule has 3 nitrogen and oxygen atoms in total. The summed E-state index contributed by atoms with van der Waals surface area (Å²) >= 11 is 0. The molecule has 26 heavy (non-hydrogen) atoms. The number of nitrogens with one attached hydrogen (secondary N) is 1. The van der Waals surface area contributed by atoms with Crippen LogP contribution in [-0.2, 0) is 6.42 Å². The Kier molecular flexibility index (Phi) is 5.34. The lowest BCUT2D eigenvalue weighted by Crippen LogP contribution is -2.03. The minimum Gasteiger partial charge on any atom is -0.339 e. The molecule has 0 spiro atoms. The van der Waals surface area contributed by atoms with Crippen LogP contribution in [0.3, 0.4) is 0 Å². The van der Waals surface area contributed by atoms with E-state index in [2.05, 4.69) is 62.5 Å². The van der Waals surface area contributed by atoms with E-state index in [4.69, 9.17) is 4.98 Å². The second-order valence-electron chi connectivity index (χ2n) is 6.61. The van der Waals surface area contributed by atoms with Gasteiger partial charge in [0.15, 0.2) is 0 Å². The van der Waals surface area contributed by atoms with Gasteiger partial charge in [-0.2, -0.15) is 5.26 Å². The van der Waals surface area contributed by atoms with Gasteiger partial charge in [-0.3, -0.25) is 0 Å². The van der Waals surface area contributed by atoms with Crippen LogP contribution in [0.4, 0.5) is 11.5 Å². The number of pyridine rings is 1. The van der Waals surface area contributed by atoms with Crippen LogP contribution in [0.1, 0.15) is 35.7 Å². The van der Waals surface area contributed by atoms with Crippen molar-refractivity contribution in [2.75, 3.05) is 5.32 Å². The molecule has 2 aromatic carbocycles. The van der Waals surface area contributed by atoms with Gasteiger partial charge in [0.1, 0.15) is 11.9 Å². The van der Waals surface area contributed by atoms with E-state index in [0.717, 1.165) is 35.3 Å². The van der Waals surface area contributed by atoms with Crippen LogP contribution in [-0.4, -0.2) is 4.98 Å². The van der Waals surface area contributed by atoms with E-state index in [1.807, 2.05) is 24.3 Å². The van der Waals surface area contributed by atoms with Crippen LogP contribution < -0.4 is 5.32 Å². The van der Waals surface area contributed by atoms with E-state index < -0.39 is 0 Å². The fraction of sp³-hybridized carbons (Fsp3) is 0.217. The van der Waals surface area contributed by atoms with Crippen LogP contribution >= 0.6 is 0 Å². The Morgan fingerprint density at radius 1 is 1.00 bits per heavy atom. The maximum Gasteiger partial charge on any atom is 0.148 e. The molecule has 0 saturated carbocycles. The Morgan fingerprint density at radius 2 is 1.69 bits per heavy atom. The van der Waals surface area contributed by atoms with Gasteiger partial charge >= 0.3 is 0 Å². The van der Waals surface area contributed by atoms with Crippen molar-refractivity contribution in [3.8, 4) is 17.2 Å². The van der Waals surface area contributed by atoms with Gasteiger partial charge in [-0.05, 0) is 55.2 Å². The Labute approximate surface area is 155 Å². The van der Waals surface area contributed by atoms with Gasteiger partial charge < -0.3 is 5.32 Å². The Morgan fingerprint density at radius 3 is 2.31 bits per heavy atom. The van der Waals surface area contributed by atoms with Crippen molar-refractivity contribution < 1.29 is 0 Å². The van der Waals surface area contributed by atoms with E-state index in [-0.39, 0.29) is 0 Å². The zero-order chi connectivity index (χ0) is 18.5. The summed E-state index contributed by atoms with van der Waals surface area (Å²) in [6, 6.07) is 20.7. The molecule has 0 unspecified atom stereocenters. The molecule has 0 radical (unpaired) electrons. The topological polar surface area (TPSA) is 48.7 Å². The molecular formula is C23H23N3. The van der Waals surface area contributed by atoms with Gasteiger partial charge in [0.2, 0.25) is 0 Å². The maximum atomic E-state index is 9.67. The highest BCUT2D eigenvalue weighted by Crippen LogP contribution is 2.29. The van der Waals surface area contributed by atoms with Crippen LogP contribution in [0.15, 0.2) is 54.6 Å². The van der Waals surface area contributed by atoms with E-state index in [9.17, 15) is 5.26 Å². The summed E-state index contributed by atoms with van der Waals surface area (Å²) in [5.41, 5.74) is 7.03. The van der Waals surface area contributed by atoms with Gasteiger partial charge in [0.25, 0.3) is 0 Å². The number of benzene rings is 2. The van der Waals surface area contributed by atoms with Crippen LogP contribution in [0, 0.1) is 25.2 Å². The van der Waals surface area contributed by atoms with E-state index in [0.29, 0.717) is 11.4 Å². The zero-order valence-electron chi connectivity index (χ0n) is 15.5. The fourth-order valence-electron chi connectivity index (χ4n) is 3.21. The first-order chi connectivity index (χ1) is 12.6. The summed E-state index contributed by atoms with van der Waals surface area (Å²) in [6.07, 6.45) is 1.87. The number of aromatic nitrogens is 1. The Balaban J connectivity index is 2.08. The largest absolute Gasteiger partial charge is 0.339 e. The molecular weight excluding hydrogens is 318 g/mol. The number of hydrogen-bond acceptors (Lipinski definition) is 3. The quantitative estimate of drug-likeness (QED) is 0.625. The van der Waals surface area contributed by atoms with Crippen LogP contribution in [0.2, 0.25) is 0 Å². The van der Waals surface area contributed by atoms with Crippen LogP contribution in [0.25, 0.3) is 11.1 Å². The molecule has 0 amide bonds. The Bertz CT molecular complexity index is 933. The predicted molar refractivity (Wildman–Crippen MR) is 108 cm³/mol. The van der Waals surface area contributed by atoms with Crippen molar-refractivity contribution in [2.24, 2.45) is 0 Å². The first-order valence-electron chi connectivity index (χ1n) is 8.95. The smallest absolute Gasteiger partial charge is 0.148 e. The first kappa shape index (κ1) is 17.7. The molecule has 0 bridgehead atoms. The minimum atomic E-state index is 0.558. The predicted octanol–water partition coefficient (Wildman–Crippen LogP) is 5.93. The van der Waals surface area contributed by atoms with Crippen molar-refractivity contribution in [2.45, 2.75) is 33.6 Å². The third-order valence-corrected chi connectivity index (χ3v) is 4.28. The second kappa shape index (κ2) is 7.84. The van der Waals surface area contributed by atoms with E-state index >= 15 is 0 Å². The van der Waals surface area contributed by atoms with Crippen molar-refractivity contribution in [3.05, 3.63) is 77.0 Å². The number of anilines is 2. The normalized spacial score (nSPS) is 10.4. The SMILES string of the molecule is CCCc1nc(Nc2cc(C)cc(C)c2)c(C#N)cc1-c1ccccc1. The summed E-state index contributed by atoms with van der Waals surface area (Å²) in [6.45, 7) is 6.28. The van der Waals surface area contributed by atoms with Crippen molar-refractivity contribution in [3.63, 3.8) is 0 Å². The van der Waals surface area contributed by atoms with Gasteiger partial charge in [-0.1, -0.05) is 49.7 Å². The highest BCUT2D eigenvalue weighted by molar-refractivity contribution is 5.73. The molecule has 3 aromatic rings. The standard InChI is InChI=1S/C23H23N3/c1-4-8-22-21(18-9-6-5-7-10-18)14-19(15-24)23(26-22)25-20-12-16(2)11-17(3)13-20/h5-7,9-14H,4,8H2,1-3H3,(H,25,26). The molecule has 0 saturated heterocycles. The second-order valence-corrected chi connectivity index (χ2v) is 6.61. The first-order valence-corrected chi connectivity index (χ1v) is 8.95. The molecule has 0 aliphatic rings. The van der Waals surface area contributed by atoms with Crippen molar-refractivity contribution in [1.29, 1.82) is 5.26 Å². The summed E-state index contributed by atoms with van der Waals surface area (Å²) in [5.74, 6) is 0.626. The highest BCUT2D eigenvalue weighted by Gasteiger charge is 2.13. The molecule has 0 atom stereocenters. The zero-order valence-corrected chi connectivity index (χ0v) is 15.5. The van der Waals surface area contributed by atoms with Crippen LogP contribution in [0.5, 0.6) is 0 Å². The lowest BCUT2D eigenvalue weighted by atomic mass is 9.99. The van der Waals surface area contributed by atoms with Gasteiger partial charge in [0.05, 0.1) is 11.3 Å². The molecule has 1 N–H and O–H groups in total. The molecule has 1 aromatic heterocycles.